The second-order valence-electron chi connectivity index (χ2n) is 7.06. The summed E-state index contributed by atoms with van der Waals surface area (Å²) >= 11 is 1.73. The van der Waals surface area contributed by atoms with Crippen molar-refractivity contribution in [3.05, 3.63) is 22.4 Å². The van der Waals surface area contributed by atoms with Crippen molar-refractivity contribution in [2.24, 2.45) is 4.99 Å². The number of rotatable bonds is 6. The van der Waals surface area contributed by atoms with E-state index in [0.717, 1.165) is 51.9 Å². The Kier molecular flexibility index (Phi) is 7.13. The van der Waals surface area contributed by atoms with Crippen LogP contribution in [0.4, 0.5) is 0 Å². The Morgan fingerprint density at radius 3 is 2.72 bits per heavy atom. The molecule has 0 aromatic carbocycles. The average molecular weight is 365 g/mol. The summed E-state index contributed by atoms with van der Waals surface area (Å²) in [6.07, 6.45) is 6.61. The number of hydrogen-bond acceptors (Lipinski definition) is 4. The summed E-state index contributed by atoms with van der Waals surface area (Å²) < 4.78 is 5.58. The molecule has 3 rings (SSSR count). The summed E-state index contributed by atoms with van der Waals surface area (Å²) in [5.74, 6) is 0.937. The van der Waals surface area contributed by atoms with Crippen LogP contribution in [-0.4, -0.2) is 55.8 Å². The highest BCUT2D eigenvalue weighted by Gasteiger charge is 2.38. The molecule has 1 aromatic heterocycles. The standard InChI is InChI=1S/C19H32N4OS/c1-2-20-18(21-14-17-6-13-25-15-17)22-16-19(7-4-3-5-8-19)23-9-11-24-12-10-23/h6,13,15H,2-5,7-12,14,16H2,1H3,(H2,20,21,22). The average Bonchev–Trinajstić information content (AvgIpc) is 3.19. The van der Waals surface area contributed by atoms with Crippen LogP contribution in [0, 0.1) is 0 Å². The van der Waals surface area contributed by atoms with Crippen LogP contribution in [0.2, 0.25) is 0 Å². The maximum absolute atomic E-state index is 5.58. The van der Waals surface area contributed by atoms with Crippen molar-refractivity contribution in [3.63, 3.8) is 0 Å². The van der Waals surface area contributed by atoms with E-state index in [0.29, 0.717) is 0 Å². The van der Waals surface area contributed by atoms with Gasteiger partial charge in [-0.2, -0.15) is 11.3 Å². The summed E-state index contributed by atoms with van der Waals surface area (Å²) in [6, 6.07) is 2.15. The minimum absolute atomic E-state index is 0.264. The number of nitrogens with one attached hydrogen (secondary N) is 2. The molecule has 1 saturated carbocycles. The maximum atomic E-state index is 5.58. The molecule has 2 N–H and O–H groups in total. The largest absolute Gasteiger partial charge is 0.379 e. The molecule has 0 spiro atoms. The fourth-order valence-corrected chi connectivity index (χ4v) is 4.66. The van der Waals surface area contributed by atoms with Gasteiger partial charge in [0.1, 0.15) is 0 Å². The fraction of sp³-hybridized carbons (Fsp3) is 0.737. The van der Waals surface area contributed by atoms with Crippen LogP contribution in [0.25, 0.3) is 0 Å². The first-order valence-corrected chi connectivity index (χ1v) is 10.6. The molecule has 1 aliphatic heterocycles. The Morgan fingerprint density at radius 2 is 2.04 bits per heavy atom. The van der Waals surface area contributed by atoms with Gasteiger partial charge >= 0.3 is 0 Å². The van der Waals surface area contributed by atoms with Gasteiger partial charge in [-0.25, -0.2) is 4.99 Å². The molecule has 2 heterocycles. The Balaban J connectivity index is 1.63. The monoisotopic (exact) mass is 364 g/mol. The number of aliphatic imine (C=N–C) groups is 1. The molecule has 0 amide bonds. The molecule has 25 heavy (non-hydrogen) atoms. The van der Waals surface area contributed by atoms with Gasteiger partial charge in [-0.3, -0.25) is 4.90 Å². The van der Waals surface area contributed by atoms with Crippen LogP contribution in [0.5, 0.6) is 0 Å². The van der Waals surface area contributed by atoms with E-state index < -0.39 is 0 Å². The van der Waals surface area contributed by atoms with Gasteiger partial charge in [0.05, 0.1) is 19.8 Å². The van der Waals surface area contributed by atoms with Gasteiger partial charge < -0.3 is 15.4 Å². The molecular weight excluding hydrogens is 332 g/mol. The van der Waals surface area contributed by atoms with Crippen LogP contribution >= 0.6 is 11.3 Å². The number of hydrogen-bond donors (Lipinski definition) is 2. The zero-order chi connectivity index (χ0) is 17.4. The minimum atomic E-state index is 0.264. The zero-order valence-electron chi connectivity index (χ0n) is 15.4. The van der Waals surface area contributed by atoms with E-state index in [1.54, 1.807) is 11.3 Å². The highest BCUT2D eigenvalue weighted by atomic mass is 32.1. The second-order valence-corrected chi connectivity index (χ2v) is 7.84. The third-order valence-corrected chi connectivity index (χ3v) is 6.13. The lowest BCUT2D eigenvalue weighted by atomic mass is 9.80. The van der Waals surface area contributed by atoms with E-state index in [4.69, 9.17) is 9.73 Å². The molecule has 6 heteroatoms. The van der Waals surface area contributed by atoms with Gasteiger partial charge in [0.2, 0.25) is 0 Å². The second kappa shape index (κ2) is 9.55. The van der Waals surface area contributed by atoms with Gasteiger partial charge in [0.25, 0.3) is 0 Å². The van der Waals surface area contributed by atoms with Crippen molar-refractivity contribution in [3.8, 4) is 0 Å². The first-order valence-electron chi connectivity index (χ1n) is 9.68. The number of nitrogens with zero attached hydrogens (tertiary/aromatic N) is 2. The van der Waals surface area contributed by atoms with E-state index in [1.807, 2.05) is 0 Å². The molecule has 1 aromatic rings. The van der Waals surface area contributed by atoms with Crippen molar-refractivity contribution in [2.45, 2.75) is 51.1 Å². The Labute approximate surface area is 155 Å². The van der Waals surface area contributed by atoms with E-state index in [1.165, 1.54) is 37.7 Å². The van der Waals surface area contributed by atoms with Gasteiger partial charge in [-0.1, -0.05) is 19.3 Å². The normalized spacial score (nSPS) is 21.9. The first kappa shape index (κ1) is 18.7. The number of guanidine groups is 1. The number of morpholine rings is 1. The highest BCUT2D eigenvalue weighted by molar-refractivity contribution is 7.07. The lowest BCUT2D eigenvalue weighted by Crippen LogP contribution is -2.60. The predicted molar refractivity (Wildman–Crippen MR) is 105 cm³/mol. The third-order valence-electron chi connectivity index (χ3n) is 5.40. The van der Waals surface area contributed by atoms with Crippen molar-refractivity contribution >= 4 is 17.3 Å². The van der Waals surface area contributed by atoms with Gasteiger partial charge in [0, 0.05) is 31.7 Å². The maximum Gasteiger partial charge on any atom is 0.191 e. The molecule has 140 valence electrons. The summed E-state index contributed by atoms with van der Waals surface area (Å²) in [5.41, 5.74) is 1.54. The van der Waals surface area contributed by atoms with Crippen LogP contribution in [-0.2, 0) is 11.3 Å². The van der Waals surface area contributed by atoms with Gasteiger partial charge in [-0.05, 0) is 42.2 Å². The molecule has 0 bridgehead atoms. The zero-order valence-corrected chi connectivity index (χ0v) is 16.2. The van der Waals surface area contributed by atoms with E-state index in [-0.39, 0.29) is 5.54 Å². The Hall–Kier alpha value is -1.11. The van der Waals surface area contributed by atoms with Crippen LogP contribution in [0.15, 0.2) is 21.8 Å². The molecule has 2 aliphatic rings. The van der Waals surface area contributed by atoms with E-state index in [2.05, 4.69) is 39.3 Å². The van der Waals surface area contributed by atoms with E-state index >= 15 is 0 Å². The molecular formula is C19H32N4OS. The quantitative estimate of drug-likeness (QED) is 0.602. The van der Waals surface area contributed by atoms with Crippen molar-refractivity contribution < 1.29 is 4.74 Å². The third kappa shape index (κ3) is 5.19. The van der Waals surface area contributed by atoms with Gasteiger partial charge in [0.15, 0.2) is 5.96 Å². The number of ether oxygens (including phenoxy) is 1. The lowest BCUT2D eigenvalue weighted by molar-refractivity contribution is -0.0352. The summed E-state index contributed by atoms with van der Waals surface area (Å²) in [6.45, 7) is 8.59. The summed E-state index contributed by atoms with van der Waals surface area (Å²) in [5, 5.41) is 11.3. The Morgan fingerprint density at radius 1 is 1.24 bits per heavy atom. The minimum Gasteiger partial charge on any atom is -0.379 e. The summed E-state index contributed by atoms with van der Waals surface area (Å²) in [4.78, 5) is 7.45. The fourth-order valence-electron chi connectivity index (χ4n) is 4.00. The van der Waals surface area contributed by atoms with Crippen molar-refractivity contribution in [2.75, 3.05) is 39.4 Å². The molecule has 0 unspecified atom stereocenters. The first-order chi connectivity index (χ1) is 12.3. The smallest absolute Gasteiger partial charge is 0.191 e. The molecule has 5 nitrogen and oxygen atoms in total. The predicted octanol–water partition coefficient (Wildman–Crippen LogP) is 2.84. The molecule has 1 aliphatic carbocycles. The van der Waals surface area contributed by atoms with Crippen LogP contribution in [0.3, 0.4) is 0 Å². The van der Waals surface area contributed by atoms with Crippen molar-refractivity contribution in [1.82, 2.24) is 15.5 Å². The summed E-state index contributed by atoms with van der Waals surface area (Å²) in [7, 11) is 0. The van der Waals surface area contributed by atoms with Crippen molar-refractivity contribution in [1.29, 1.82) is 0 Å². The molecule has 2 fully saturated rings. The molecule has 1 saturated heterocycles. The van der Waals surface area contributed by atoms with E-state index in [9.17, 15) is 0 Å². The lowest BCUT2D eigenvalue weighted by Gasteiger charge is -2.48. The SMILES string of the molecule is CCNC(=NCc1ccsc1)NCC1(N2CCOCC2)CCCCC1. The topological polar surface area (TPSA) is 48.9 Å². The highest BCUT2D eigenvalue weighted by Crippen LogP contribution is 2.33. The molecule has 0 atom stereocenters. The Bertz CT molecular complexity index is 520. The van der Waals surface area contributed by atoms with Gasteiger partial charge in [-0.15, -0.1) is 0 Å². The van der Waals surface area contributed by atoms with Crippen LogP contribution in [0.1, 0.15) is 44.6 Å². The molecule has 0 radical (unpaired) electrons. The number of thiophene rings is 1. The van der Waals surface area contributed by atoms with Crippen LogP contribution < -0.4 is 10.6 Å².